The van der Waals surface area contributed by atoms with Gasteiger partial charge >= 0.3 is 0 Å². The summed E-state index contributed by atoms with van der Waals surface area (Å²) in [6.07, 6.45) is 3.77. The van der Waals surface area contributed by atoms with Gasteiger partial charge in [0, 0.05) is 24.2 Å². The standard InChI is InChI=1S/C14H20ClNO/c1-2-14-9-13(6-7-17-14)16-10-11-4-3-5-12(15)8-11/h3-5,8,13-14,16H,2,6-7,9-10H2,1H3. The molecule has 0 amide bonds. The Morgan fingerprint density at radius 2 is 2.35 bits per heavy atom. The molecule has 1 heterocycles. The Labute approximate surface area is 108 Å². The number of rotatable bonds is 4. The topological polar surface area (TPSA) is 21.3 Å². The summed E-state index contributed by atoms with van der Waals surface area (Å²) in [6, 6.07) is 8.61. The Morgan fingerprint density at radius 1 is 1.47 bits per heavy atom. The van der Waals surface area contributed by atoms with Crippen molar-refractivity contribution in [2.75, 3.05) is 6.61 Å². The molecule has 0 bridgehead atoms. The maximum Gasteiger partial charge on any atom is 0.0587 e. The van der Waals surface area contributed by atoms with Crippen molar-refractivity contribution in [1.82, 2.24) is 5.32 Å². The van der Waals surface area contributed by atoms with E-state index in [-0.39, 0.29) is 0 Å². The molecule has 2 unspecified atom stereocenters. The zero-order valence-corrected chi connectivity index (χ0v) is 11.0. The molecule has 94 valence electrons. The van der Waals surface area contributed by atoms with Gasteiger partial charge in [-0.05, 0) is 37.0 Å². The van der Waals surface area contributed by atoms with Crippen LogP contribution < -0.4 is 5.32 Å². The normalized spacial score (nSPS) is 24.8. The molecule has 2 atom stereocenters. The first-order valence-corrected chi connectivity index (χ1v) is 6.75. The summed E-state index contributed by atoms with van der Waals surface area (Å²) < 4.78 is 5.67. The van der Waals surface area contributed by atoms with Crippen LogP contribution in [0.2, 0.25) is 5.02 Å². The molecular formula is C14H20ClNO. The van der Waals surface area contributed by atoms with Crippen molar-refractivity contribution >= 4 is 11.6 Å². The Hall–Kier alpha value is -0.570. The lowest BCUT2D eigenvalue weighted by atomic mass is 10.0. The van der Waals surface area contributed by atoms with E-state index in [1.54, 1.807) is 0 Å². The lowest BCUT2D eigenvalue weighted by Crippen LogP contribution is -2.38. The second kappa shape index (κ2) is 6.39. The van der Waals surface area contributed by atoms with E-state index in [0.717, 1.165) is 37.4 Å². The molecule has 1 aliphatic rings. The van der Waals surface area contributed by atoms with Crippen molar-refractivity contribution in [3.63, 3.8) is 0 Å². The average Bonchev–Trinajstić information content (AvgIpc) is 2.37. The summed E-state index contributed by atoms with van der Waals surface area (Å²) in [5.41, 5.74) is 1.25. The Balaban J connectivity index is 1.81. The van der Waals surface area contributed by atoms with E-state index in [2.05, 4.69) is 18.3 Å². The van der Waals surface area contributed by atoms with E-state index < -0.39 is 0 Å². The molecule has 0 spiro atoms. The quantitative estimate of drug-likeness (QED) is 0.888. The van der Waals surface area contributed by atoms with Crippen LogP contribution in [0.1, 0.15) is 31.7 Å². The van der Waals surface area contributed by atoms with Crippen LogP contribution in [0.3, 0.4) is 0 Å². The van der Waals surface area contributed by atoms with Gasteiger partial charge in [-0.15, -0.1) is 0 Å². The molecule has 1 aromatic carbocycles. The molecule has 2 nitrogen and oxygen atoms in total. The van der Waals surface area contributed by atoms with E-state index in [1.807, 2.05) is 18.2 Å². The Morgan fingerprint density at radius 3 is 3.12 bits per heavy atom. The fourth-order valence-electron chi connectivity index (χ4n) is 2.26. The molecule has 0 aliphatic carbocycles. The van der Waals surface area contributed by atoms with Crippen molar-refractivity contribution < 1.29 is 4.74 Å². The predicted molar refractivity (Wildman–Crippen MR) is 71.3 cm³/mol. The van der Waals surface area contributed by atoms with Crippen molar-refractivity contribution in [1.29, 1.82) is 0 Å². The minimum Gasteiger partial charge on any atom is -0.378 e. The highest BCUT2D eigenvalue weighted by Gasteiger charge is 2.20. The average molecular weight is 254 g/mol. The van der Waals surface area contributed by atoms with Gasteiger partial charge in [0.15, 0.2) is 0 Å². The molecule has 17 heavy (non-hydrogen) atoms. The summed E-state index contributed by atoms with van der Waals surface area (Å²) in [4.78, 5) is 0. The maximum atomic E-state index is 5.96. The third kappa shape index (κ3) is 3.98. The van der Waals surface area contributed by atoms with Gasteiger partial charge in [0.1, 0.15) is 0 Å². The van der Waals surface area contributed by atoms with E-state index >= 15 is 0 Å². The fraction of sp³-hybridized carbons (Fsp3) is 0.571. The molecule has 0 radical (unpaired) electrons. The van der Waals surface area contributed by atoms with E-state index in [1.165, 1.54) is 5.56 Å². The number of ether oxygens (including phenoxy) is 1. The SMILES string of the molecule is CCC1CC(NCc2cccc(Cl)c2)CCO1. The molecular weight excluding hydrogens is 234 g/mol. The van der Waals surface area contributed by atoms with Crippen LogP contribution in [-0.4, -0.2) is 18.8 Å². The molecule has 1 fully saturated rings. The van der Waals surface area contributed by atoms with Crippen molar-refractivity contribution in [2.45, 2.75) is 44.9 Å². The molecule has 0 saturated carbocycles. The first kappa shape index (κ1) is 12.9. The monoisotopic (exact) mass is 253 g/mol. The number of halogens is 1. The third-order valence-corrected chi connectivity index (χ3v) is 3.54. The van der Waals surface area contributed by atoms with Crippen LogP contribution in [0.4, 0.5) is 0 Å². The summed E-state index contributed by atoms with van der Waals surface area (Å²) in [7, 11) is 0. The van der Waals surface area contributed by atoms with E-state index in [0.29, 0.717) is 12.1 Å². The highest BCUT2D eigenvalue weighted by molar-refractivity contribution is 6.30. The summed E-state index contributed by atoms with van der Waals surface area (Å²) in [5.74, 6) is 0. The second-order valence-corrected chi connectivity index (χ2v) is 5.07. The highest BCUT2D eigenvalue weighted by Crippen LogP contribution is 2.17. The van der Waals surface area contributed by atoms with Gasteiger partial charge in [-0.1, -0.05) is 30.7 Å². The van der Waals surface area contributed by atoms with Gasteiger partial charge in [0.25, 0.3) is 0 Å². The molecule has 0 aromatic heterocycles. The number of hydrogen-bond donors (Lipinski definition) is 1. The van der Waals surface area contributed by atoms with Crippen molar-refractivity contribution in [3.05, 3.63) is 34.9 Å². The van der Waals surface area contributed by atoms with Crippen LogP contribution in [0, 0.1) is 0 Å². The first-order valence-electron chi connectivity index (χ1n) is 6.37. The summed E-state index contributed by atoms with van der Waals surface area (Å²) in [5, 5.41) is 4.40. The summed E-state index contributed by atoms with van der Waals surface area (Å²) >= 11 is 5.96. The molecule has 1 aliphatic heterocycles. The van der Waals surface area contributed by atoms with Gasteiger partial charge in [-0.25, -0.2) is 0 Å². The predicted octanol–water partition coefficient (Wildman–Crippen LogP) is 3.39. The van der Waals surface area contributed by atoms with Crippen molar-refractivity contribution in [2.24, 2.45) is 0 Å². The lowest BCUT2D eigenvalue weighted by molar-refractivity contribution is -0.000318. The number of nitrogens with one attached hydrogen (secondary N) is 1. The second-order valence-electron chi connectivity index (χ2n) is 4.63. The smallest absolute Gasteiger partial charge is 0.0587 e. The highest BCUT2D eigenvalue weighted by atomic mass is 35.5. The molecule has 1 aromatic rings. The number of hydrogen-bond acceptors (Lipinski definition) is 2. The van der Waals surface area contributed by atoms with Crippen LogP contribution >= 0.6 is 11.6 Å². The Bertz CT molecular complexity index is 356. The number of benzene rings is 1. The fourth-order valence-corrected chi connectivity index (χ4v) is 2.47. The van der Waals surface area contributed by atoms with Crippen LogP contribution in [0.15, 0.2) is 24.3 Å². The molecule has 1 N–H and O–H groups in total. The molecule has 3 heteroatoms. The van der Waals surface area contributed by atoms with Crippen LogP contribution in [-0.2, 0) is 11.3 Å². The maximum absolute atomic E-state index is 5.96. The largest absolute Gasteiger partial charge is 0.378 e. The molecule has 2 rings (SSSR count). The minimum atomic E-state index is 0.431. The minimum absolute atomic E-state index is 0.431. The van der Waals surface area contributed by atoms with E-state index in [4.69, 9.17) is 16.3 Å². The van der Waals surface area contributed by atoms with Gasteiger partial charge in [-0.2, -0.15) is 0 Å². The van der Waals surface area contributed by atoms with Gasteiger partial charge < -0.3 is 10.1 Å². The first-order chi connectivity index (χ1) is 8.28. The molecule has 1 saturated heterocycles. The zero-order valence-electron chi connectivity index (χ0n) is 10.3. The Kier molecular flexibility index (Phi) is 4.84. The van der Waals surface area contributed by atoms with Crippen LogP contribution in [0.25, 0.3) is 0 Å². The summed E-state index contributed by atoms with van der Waals surface area (Å²) in [6.45, 7) is 3.96. The van der Waals surface area contributed by atoms with Gasteiger partial charge in [0.05, 0.1) is 6.10 Å². The third-order valence-electron chi connectivity index (χ3n) is 3.31. The van der Waals surface area contributed by atoms with Crippen molar-refractivity contribution in [3.8, 4) is 0 Å². The lowest BCUT2D eigenvalue weighted by Gasteiger charge is -2.29. The zero-order chi connectivity index (χ0) is 12.1. The van der Waals surface area contributed by atoms with Gasteiger partial charge in [-0.3, -0.25) is 0 Å². The van der Waals surface area contributed by atoms with E-state index in [9.17, 15) is 0 Å². The van der Waals surface area contributed by atoms with Gasteiger partial charge in [0.2, 0.25) is 0 Å². The van der Waals surface area contributed by atoms with Crippen LogP contribution in [0.5, 0.6) is 0 Å².